The van der Waals surface area contributed by atoms with Crippen LogP contribution in [0.1, 0.15) is 30.0 Å². The third-order valence-electron chi connectivity index (χ3n) is 4.88. The third kappa shape index (κ3) is 5.01. The summed E-state index contributed by atoms with van der Waals surface area (Å²) in [6.45, 7) is 2.81. The standard InChI is InChI=1S/C20H28N4O3/c1-26-18-7-3-5-15(20(18)27-2)8-11-22-19(25)14-24-12-9-17(23-24)16-6-4-10-21-13-16/h3,5,7,9,12,16,21H,4,6,8,10-11,13-14H2,1-2H3,(H,22,25)/t16-/m1/s1. The second kappa shape index (κ2) is 9.41. The summed E-state index contributed by atoms with van der Waals surface area (Å²) in [5.41, 5.74) is 2.07. The van der Waals surface area contributed by atoms with Gasteiger partial charge in [-0.1, -0.05) is 12.1 Å². The zero-order valence-corrected chi connectivity index (χ0v) is 16.0. The highest BCUT2D eigenvalue weighted by atomic mass is 16.5. The smallest absolute Gasteiger partial charge is 0.241 e. The van der Waals surface area contributed by atoms with Crippen LogP contribution in [0.3, 0.4) is 0 Å². The third-order valence-corrected chi connectivity index (χ3v) is 4.88. The molecule has 146 valence electrons. The summed E-state index contributed by atoms with van der Waals surface area (Å²) in [4.78, 5) is 12.2. The number of amides is 1. The average molecular weight is 372 g/mol. The van der Waals surface area contributed by atoms with Crippen molar-refractivity contribution in [2.45, 2.75) is 31.7 Å². The van der Waals surface area contributed by atoms with Crippen LogP contribution in [0.4, 0.5) is 0 Å². The average Bonchev–Trinajstić information content (AvgIpc) is 3.16. The molecule has 7 nitrogen and oxygen atoms in total. The van der Waals surface area contributed by atoms with Gasteiger partial charge in [0.25, 0.3) is 0 Å². The number of aromatic nitrogens is 2. The van der Waals surface area contributed by atoms with Crippen molar-refractivity contribution in [2.24, 2.45) is 0 Å². The molecule has 0 bridgehead atoms. The molecule has 1 amide bonds. The minimum atomic E-state index is -0.0479. The number of para-hydroxylation sites is 1. The molecule has 1 atom stereocenters. The lowest BCUT2D eigenvalue weighted by Gasteiger charge is -2.20. The van der Waals surface area contributed by atoms with Gasteiger partial charge in [-0.3, -0.25) is 9.48 Å². The Morgan fingerprint density at radius 1 is 1.33 bits per heavy atom. The van der Waals surface area contributed by atoms with Crippen molar-refractivity contribution in [2.75, 3.05) is 33.9 Å². The number of ether oxygens (including phenoxy) is 2. The molecule has 1 aliphatic heterocycles. The van der Waals surface area contributed by atoms with Crippen LogP contribution in [0, 0.1) is 0 Å². The number of piperidine rings is 1. The second-order valence-corrected chi connectivity index (χ2v) is 6.73. The van der Waals surface area contributed by atoms with Crippen LogP contribution in [0.2, 0.25) is 0 Å². The van der Waals surface area contributed by atoms with Crippen LogP contribution >= 0.6 is 0 Å². The molecule has 0 radical (unpaired) electrons. The molecule has 2 heterocycles. The zero-order valence-electron chi connectivity index (χ0n) is 16.0. The van der Waals surface area contributed by atoms with E-state index >= 15 is 0 Å². The van der Waals surface area contributed by atoms with Crippen molar-refractivity contribution in [1.29, 1.82) is 0 Å². The number of hydrogen-bond donors (Lipinski definition) is 2. The molecule has 2 aromatic rings. The Bertz CT molecular complexity index is 753. The van der Waals surface area contributed by atoms with Gasteiger partial charge >= 0.3 is 0 Å². The van der Waals surface area contributed by atoms with Crippen LogP contribution in [-0.2, 0) is 17.8 Å². The van der Waals surface area contributed by atoms with Crippen molar-refractivity contribution >= 4 is 5.91 Å². The highest BCUT2D eigenvalue weighted by molar-refractivity contribution is 5.75. The molecule has 1 aromatic heterocycles. The summed E-state index contributed by atoms with van der Waals surface area (Å²) in [5.74, 6) is 1.81. The van der Waals surface area contributed by atoms with E-state index in [2.05, 4.69) is 15.7 Å². The van der Waals surface area contributed by atoms with Gasteiger partial charge in [-0.05, 0) is 43.5 Å². The van der Waals surface area contributed by atoms with Crippen LogP contribution in [0.15, 0.2) is 30.5 Å². The van der Waals surface area contributed by atoms with E-state index in [1.54, 1.807) is 18.9 Å². The Kier molecular flexibility index (Phi) is 6.70. The predicted molar refractivity (Wildman–Crippen MR) is 103 cm³/mol. The number of carbonyl (C=O) groups is 1. The lowest BCUT2D eigenvalue weighted by atomic mass is 9.97. The van der Waals surface area contributed by atoms with Crippen molar-refractivity contribution in [3.8, 4) is 11.5 Å². The first-order valence-corrected chi connectivity index (χ1v) is 9.42. The van der Waals surface area contributed by atoms with Gasteiger partial charge in [0.2, 0.25) is 5.91 Å². The molecule has 3 rings (SSSR count). The van der Waals surface area contributed by atoms with E-state index in [0.29, 0.717) is 30.4 Å². The van der Waals surface area contributed by atoms with E-state index in [-0.39, 0.29) is 12.5 Å². The van der Waals surface area contributed by atoms with Gasteiger partial charge in [0, 0.05) is 25.2 Å². The fourth-order valence-electron chi connectivity index (χ4n) is 3.48. The topological polar surface area (TPSA) is 77.4 Å². The fraction of sp³-hybridized carbons (Fsp3) is 0.500. The Morgan fingerprint density at radius 3 is 2.96 bits per heavy atom. The normalized spacial score (nSPS) is 16.7. The van der Waals surface area contributed by atoms with Crippen LogP contribution in [0.5, 0.6) is 11.5 Å². The van der Waals surface area contributed by atoms with Gasteiger partial charge in [-0.25, -0.2) is 0 Å². The van der Waals surface area contributed by atoms with Crippen molar-refractivity contribution < 1.29 is 14.3 Å². The molecule has 0 spiro atoms. The number of nitrogens with one attached hydrogen (secondary N) is 2. The van der Waals surface area contributed by atoms with Crippen molar-refractivity contribution in [3.63, 3.8) is 0 Å². The van der Waals surface area contributed by atoms with Crippen molar-refractivity contribution in [1.82, 2.24) is 20.4 Å². The SMILES string of the molecule is COc1cccc(CCNC(=O)Cn2ccc([C@@H]3CCCNC3)n2)c1OC. The van der Waals surface area contributed by atoms with E-state index < -0.39 is 0 Å². The first-order valence-electron chi connectivity index (χ1n) is 9.42. The summed E-state index contributed by atoms with van der Waals surface area (Å²) >= 11 is 0. The monoisotopic (exact) mass is 372 g/mol. The molecule has 1 fully saturated rings. The summed E-state index contributed by atoms with van der Waals surface area (Å²) in [7, 11) is 3.24. The quantitative estimate of drug-likeness (QED) is 0.738. The number of nitrogens with zero attached hydrogens (tertiary/aromatic N) is 2. The molecule has 1 saturated heterocycles. The highest BCUT2D eigenvalue weighted by Gasteiger charge is 2.18. The van der Waals surface area contributed by atoms with Crippen molar-refractivity contribution in [3.05, 3.63) is 41.7 Å². The molecule has 27 heavy (non-hydrogen) atoms. The molecule has 0 saturated carbocycles. The minimum absolute atomic E-state index is 0.0479. The summed E-state index contributed by atoms with van der Waals surface area (Å²) in [5, 5.41) is 10.9. The maximum absolute atomic E-state index is 12.2. The molecular formula is C20H28N4O3. The Morgan fingerprint density at radius 2 is 2.22 bits per heavy atom. The fourth-order valence-corrected chi connectivity index (χ4v) is 3.48. The zero-order chi connectivity index (χ0) is 19.1. The number of carbonyl (C=O) groups excluding carboxylic acids is 1. The van der Waals surface area contributed by atoms with Gasteiger partial charge in [-0.2, -0.15) is 5.10 Å². The van der Waals surface area contributed by atoms with Gasteiger partial charge in [0.15, 0.2) is 11.5 Å². The summed E-state index contributed by atoms with van der Waals surface area (Å²) in [6.07, 6.45) is 4.88. The number of methoxy groups -OCH3 is 2. The lowest BCUT2D eigenvalue weighted by Crippen LogP contribution is -2.30. The molecule has 1 aromatic carbocycles. The van der Waals surface area contributed by atoms with E-state index in [9.17, 15) is 4.79 Å². The summed E-state index contributed by atoms with van der Waals surface area (Å²) < 4.78 is 12.4. The molecule has 2 N–H and O–H groups in total. The van der Waals surface area contributed by atoms with Gasteiger partial charge in [-0.15, -0.1) is 0 Å². The Balaban J connectivity index is 1.48. The Labute approximate surface area is 160 Å². The predicted octanol–water partition coefficient (Wildman–Crippen LogP) is 1.73. The van der Waals surface area contributed by atoms with Crippen LogP contribution in [-0.4, -0.2) is 49.5 Å². The minimum Gasteiger partial charge on any atom is -0.493 e. The van der Waals surface area contributed by atoms with E-state index in [1.165, 1.54) is 6.42 Å². The highest BCUT2D eigenvalue weighted by Crippen LogP contribution is 2.30. The number of rotatable bonds is 8. The number of hydrogen-bond acceptors (Lipinski definition) is 5. The molecule has 0 unspecified atom stereocenters. The van der Waals surface area contributed by atoms with Gasteiger partial charge in [0.1, 0.15) is 6.54 Å². The number of benzene rings is 1. The maximum atomic E-state index is 12.2. The maximum Gasteiger partial charge on any atom is 0.241 e. The lowest BCUT2D eigenvalue weighted by molar-refractivity contribution is -0.121. The molecular weight excluding hydrogens is 344 g/mol. The first-order chi connectivity index (χ1) is 13.2. The molecule has 0 aliphatic carbocycles. The first kappa shape index (κ1) is 19.2. The second-order valence-electron chi connectivity index (χ2n) is 6.73. The molecule has 1 aliphatic rings. The van der Waals surface area contributed by atoms with Crippen LogP contribution < -0.4 is 20.1 Å². The van der Waals surface area contributed by atoms with Crippen LogP contribution in [0.25, 0.3) is 0 Å². The Hall–Kier alpha value is -2.54. The summed E-state index contributed by atoms with van der Waals surface area (Å²) in [6, 6.07) is 7.78. The van der Waals surface area contributed by atoms with Gasteiger partial charge in [0.05, 0.1) is 19.9 Å². The van der Waals surface area contributed by atoms with Gasteiger partial charge < -0.3 is 20.1 Å². The molecule has 7 heteroatoms. The van der Waals surface area contributed by atoms with E-state index in [1.807, 2.05) is 30.5 Å². The largest absolute Gasteiger partial charge is 0.493 e. The van der Waals surface area contributed by atoms with E-state index in [0.717, 1.165) is 30.8 Å². The van der Waals surface area contributed by atoms with E-state index in [4.69, 9.17) is 9.47 Å².